The van der Waals surface area contributed by atoms with Crippen molar-refractivity contribution in [3.8, 4) is 0 Å². The zero-order valence-electron chi connectivity index (χ0n) is 9.09. The number of carbonyl (C=O) groups is 1. The molecule has 0 atom stereocenters. The van der Waals surface area contributed by atoms with E-state index in [1.165, 1.54) is 0 Å². The summed E-state index contributed by atoms with van der Waals surface area (Å²) < 4.78 is 0. The minimum absolute atomic E-state index is 0.0422. The summed E-state index contributed by atoms with van der Waals surface area (Å²) in [6.45, 7) is 7.50. The SMILES string of the molecule is Cc1ccnc(N)c1C(=O)C(C)(C)C. The summed E-state index contributed by atoms with van der Waals surface area (Å²) in [7, 11) is 0. The van der Waals surface area contributed by atoms with Gasteiger partial charge < -0.3 is 5.73 Å². The maximum absolute atomic E-state index is 12.0. The summed E-state index contributed by atoms with van der Waals surface area (Å²) in [6, 6.07) is 1.80. The first-order valence-corrected chi connectivity index (χ1v) is 4.60. The highest BCUT2D eigenvalue weighted by Crippen LogP contribution is 2.25. The first-order valence-electron chi connectivity index (χ1n) is 4.60. The molecular weight excluding hydrogens is 176 g/mol. The smallest absolute Gasteiger partial charge is 0.172 e. The van der Waals surface area contributed by atoms with Crippen molar-refractivity contribution >= 4 is 11.6 Å². The van der Waals surface area contributed by atoms with E-state index in [4.69, 9.17) is 5.73 Å². The summed E-state index contributed by atoms with van der Waals surface area (Å²) in [5.74, 6) is 0.366. The molecule has 2 N–H and O–H groups in total. The molecule has 1 aromatic rings. The van der Waals surface area contributed by atoms with Gasteiger partial charge in [0, 0.05) is 11.6 Å². The number of aryl methyl sites for hydroxylation is 1. The van der Waals surface area contributed by atoms with E-state index in [9.17, 15) is 4.79 Å². The average molecular weight is 192 g/mol. The highest BCUT2D eigenvalue weighted by molar-refractivity contribution is 6.04. The van der Waals surface area contributed by atoms with Crippen LogP contribution in [0.5, 0.6) is 0 Å². The van der Waals surface area contributed by atoms with E-state index in [1.54, 1.807) is 12.3 Å². The van der Waals surface area contributed by atoms with Crippen molar-refractivity contribution in [1.82, 2.24) is 4.98 Å². The third-order valence-electron chi connectivity index (χ3n) is 2.10. The predicted molar refractivity (Wildman–Crippen MR) is 57.2 cm³/mol. The highest BCUT2D eigenvalue weighted by Gasteiger charge is 2.26. The van der Waals surface area contributed by atoms with Gasteiger partial charge >= 0.3 is 0 Å². The fourth-order valence-electron chi connectivity index (χ4n) is 1.25. The van der Waals surface area contributed by atoms with Gasteiger partial charge in [-0.05, 0) is 18.6 Å². The predicted octanol–water partition coefficient (Wildman–Crippen LogP) is 2.20. The van der Waals surface area contributed by atoms with Crippen molar-refractivity contribution in [3.05, 3.63) is 23.4 Å². The lowest BCUT2D eigenvalue weighted by atomic mass is 9.85. The maximum atomic E-state index is 12.0. The second-order valence-electron chi connectivity index (χ2n) is 4.47. The zero-order chi connectivity index (χ0) is 10.9. The molecule has 3 heteroatoms. The van der Waals surface area contributed by atoms with Crippen LogP contribution in [0.25, 0.3) is 0 Å². The highest BCUT2D eigenvalue weighted by atomic mass is 16.1. The van der Waals surface area contributed by atoms with Crippen LogP contribution < -0.4 is 5.73 Å². The van der Waals surface area contributed by atoms with Gasteiger partial charge in [0.05, 0.1) is 5.56 Å². The third-order valence-corrected chi connectivity index (χ3v) is 2.10. The summed E-state index contributed by atoms with van der Waals surface area (Å²) in [6.07, 6.45) is 1.62. The number of anilines is 1. The lowest BCUT2D eigenvalue weighted by Gasteiger charge is -2.18. The molecule has 1 rings (SSSR count). The van der Waals surface area contributed by atoms with Crippen molar-refractivity contribution in [1.29, 1.82) is 0 Å². The van der Waals surface area contributed by atoms with Crippen LogP contribution in [0.15, 0.2) is 12.3 Å². The summed E-state index contributed by atoms with van der Waals surface area (Å²) >= 11 is 0. The minimum Gasteiger partial charge on any atom is -0.383 e. The molecule has 76 valence electrons. The topological polar surface area (TPSA) is 56.0 Å². The Morgan fingerprint density at radius 1 is 1.43 bits per heavy atom. The van der Waals surface area contributed by atoms with Gasteiger partial charge in [-0.25, -0.2) is 4.98 Å². The third kappa shape index (κ3) is 1.92. The molecule has 0 aliphatic carbocycles. The standard InChI is InChI=1S/C11H16N2O/c1-7-5-6-13-10(12)8(7)9(14)11(2,3)4/h5-6H,1-4H3,(H2,12,13). The number of pyridine rings is 1. The number of nitrogen functional groups attached to an aromatic ring is 1. The van der Waals surface area contributed by atoms with Gasteiger partial charge in [-0.3, -0.25) is 4.79 Å². The average Bonchev–Trinajstić information content (AvgIpc) is 2.01. The number of rotatable bonds is 1. The van der Waals surface area contributed by atoms with Crippen LogP contribution in [0.4, 0.5) is 5.82 Å². The minimum atomic E-state index is -0.415. The van der Waals surface area contributed by atoms with Crippen LogP contribution in [0.1, 0.15) is 36.7 Å². The Bertz CT molecular complexity index is 344. The second-order valence-corrected chi connectivity index (χ2v) is 4.47. The van der Waals surface area contributed by atoms with E-state index in [2.05, 4.69) is 4.98 Å². The molecule has 0 fully saturated rings. The molecule has 0 radical (unpaired) electrons. The first-order chi connectivity index (χ1) is 6.34. The van der Waals surface area contributed by atoms with E-state index in [0.717, 1.165) is 5.56 Å². The Morgan fingerprint density at radius 2 is 2.00 bits per heavy atom. The van der Waals surface area contributed by atoms with Gasteiger partial charge in [0.15, 0.2) is 5.78 Å². The molecule has 0 spiro atoms. The molecule has 0 saturated carbocycles. The van der Waals surface area contributed by atoms with Gasteiger partial charge in [-0.15, -0.1) is 0 Å². The van der Waals surface area contributed by atoms with E-state index in [0.29, 0.717) is 11.4 Å². The van der Waals surface area contributed by atoms with Crippen LogP contribution in [-0.4, -0.2) is 10.8 Å². The molecule has 0 bridgehead atoms. The molecule has 0 aliphatic heterocycles. The number of aromatic nitrogens is 1. The van der Waals surface area contributed by atoms with Crippen molar-refractivity contribution in [2.24, 2.45) is 5.41 Å². The van der Waals surface area contributed by atoms with Gasteiger partial charge in [0.2, 0.25) is 0 Å². The largest absolute Gasteiger partial charge is 0.383 e. The molecule has 0 amide bonds. The number of carbonyl (C=O) groups excluding carboxylic acids is 1. The number of hydrogen-bond acceptors (Lipinski definition) is 3. The fourth-order valence-corrected chi connectivity index (χ4v) is 1.25. The van der Waals surface area contributed by atoms with Crippen molar-refractivity contribution in [2.75, 3.05) is 5.73 Å². The van der Waals surface area contributed by atoms with Crippen LogP contribution in [0, 0.1) is 12.3 Å². The fraction of sp³-hybridized carbons (Fsp3) is 0.455. The van der Waals surface area contributed by atoms with Gasteiger partial charge in [0.1, 0.15) is 5.82 Å². The van der Waals surface area contributed by atoms with Gasteiger partial charge in [0.25, 0.3) is 0 Å². The Labute approximate surface area is 84.3 Å². The number of Topliss-reactive ketones (excluding diaryl/α,β-unsaturated/α-hetero) is 1. The van der Waals surface area contributed by atoms with E-state index >= 15 is 0 Å². The Balaban J connectivity index is 3.26. The molecular formula is C11H16N2O. The Hall–Kier alpha value is -1.38. The number of ketones is 1. The van der Waals surface area contributed by atoms with Gasteiger partial charge in [-0.1, -0.05) is 20.8 Å². The lowest BCUT2D eigenvalue weighted by molar-refractivity contribution is 0.0858. The molecule has 1 heterocycles. The molecule has 0 saturated heterocycles. The molecule has 1 aromatic heterocycles. The summed E-state index contributed by atoms with van der Waals surface area (Å²) in [5, 5.41) is 0. The van der Waals surface area contributed by atoms with Crippen molar-refractivity contribution in [3.63, 3.8) is 0 Å². The molecule has 3 nitrogen and oxygen atoms in total. The van der Waals surface area contributed by atoms with Crippen molar-refractivity contribution < 1.29 is 4.79 Å². The quantitative estimate of drug-likeness (QED) is 0.694. The van der Waals surface area contributed by atoms with Crippen LogP contribution in [0.2, 0.25) is 0 Å². The molecule has 0 unspecified atom stereocenters. The van der Waals surface area contributed by atoms with Crippen molar-refractivity contribution in [2.45, 2.75) is 27.7 Å². The lowest BCUT2D eigenvalue weighted by Crippen LogP contribution is -2.22. The zero-order valence-corrected chi connectivity index (χ0v) is 9.09. The molecule has 0 aromatic carbocycles. The van der Waals surface area contributed by atoms with Crippen LogP contribution in [0.3, 0.4) is 0 Å². The number of nitrogens with zero attached hydrogens (tertiary/aromatic N) is 1. The monoisotopic (exact) mass is 192 g/mol. The number of hydrogen-bond donors (Lipinski definition) is 1. The second kappa shape index (κ2) is 3.40. The van der Waals surface area contributed by atoms with E-state index in [-0.39, 0.29) is 5.78 Å². The first kappa shape index (κ1) is 10.7. The summed E-state index contributed by atoms with van der Waals surface area (Å²) in [5.41, 5.74) is 6.71. The van der Waals surface area contributed by atoms with E-state index in [1.807, 2.05) is 27.7 Å². The Kier molecular flexibility index (Phi) is 2.60. The number of nitrogens with two attached hydrogens (primary N) is 1. The normalized spacial score (nSPS) is 11.4. The van der Waals surface area contributed by atoms with E-state index < -0.39 is 5.41 Å². The van der Waals surface area contributed by atoms with Crippen LogP contribution >= 0.6 is 0 Å². The molecule has 0 aliphatic rings. The Morgan fingerprint density at radius 3 is 2.43 bits per heavy atom. The summed E-state index contributed by atoms with van der Waals surface area (Å²) in [4.78, 5) is 15.9. The van der Waals surface area contributed by atoms with Gasteiger partial charge in [-0.2, -0.15) is 0 Å². The van der Waals surface area contributed by atoms with Crippen LogP contribution in [-0.2, 0) is 0 Å². The maximum Gasteiger partial charge on any atom is 0.172 e. The molecule has 14 heavy (non-hydrogen) atoms.